The summed E-state index contributed by atoms with van der Waals surface area (Å²) in [7, 11) is -0.237. The van der Waals surface area contributed by atoms with Gasteiger partial charge in [-0.25, -0.2) is 0 Å². The van der Waals surface area contributed by atoms with Crippen LogP contribution in [0.4, 0.5) is 0 Å². The first-order valence-corrected chi connectivity index (χ1v) is 4.59. The third-order valence-electron chi connectivity index (χ3n) is 2.63. The van der Waals surface area contributed by atoms with E-state index >= 15 is 0 Å². The Hall–Kier alpha value is -0.905. The van der Waals surface area contributed by atoms with E-state index in [9.17, 15) is 0 Å². The third-order valence-corrected chi connectivity index (χ3v) is 2.63. The molecule has 3 rings (SSSR count). The lowest BCUT2D eigenvalue weighted by molar-refractivity contribution is 0.228. The van der Waals surface area contributed by atoms with Gasteiger partial charge in [-0.05, 0) is 16.6 Å². The Morgan fingerprint density at radius 2 is 2.13 bits per heavy atom. The van der Waals surface area contributed by atoms with E-state index in [4.69, 9.17) is 19.8 Å². The van der Waals surface area contributed by atoms with Crippen LogP contribution in [0.25, 0.3) is 0 Å². The lowest BCUT2D eigenvalue weighted by Gasteiger charge is -2.18. The fraction of sp³-hybridized carbons (Fsp3) is 0.333. The Bertz CT molecular complexity index is 378. The van der Waals surface area contributed by atoms with Crippen molar-refractivity contribution in [1.82, 2.24) is 0 Å². The molecular weight excluding hydrogens is 216 g/mol. The molecule has 0 saturated heterocycles. The summed E-state index contributed by atoms with van der Waals surface area (Å²) >= 11 is 0. The predicted octanol–water partition coefficient (Wildman–Crippen LogP) is 0.549. The van der Waals surface area contributed by atoms with Crippen molar-refractivity contribution >= 4 is 19.5 Å². The fourth-order valence-electron chi connectivity index (χ4n) is 1.97. The molecular formula is C9H11BClNO3. The zero-order chi connectivity index (χ0) is 9.54. The molecule has 3 aliphatic rings. The van der Waals surface area contributed by atoms with E-state index < -0.39 is 0 Å². The van der Waals surface area contributed by atoms with Gasteiger partial charge in [0.25, 0.3) is 0 Å². The fourth-order valence-corrected chi connectivity index (χ4v) is 1.97. The van der Waals surface area contributed by atoms with Crippen LogP contribution in [0.5, 0.6) is 0 Å². The van der Waals surface area contributed by atoms with Gasteiger partial charge >= 0.3 is 7.12 Å². The van der Waals surface area contributed by atoms with Crippen LogP contribution in [0.1, 0.15) is 0 Å². The van der Waals surface area contributed by atoms with Gasteiger partial charge in [-0.3, -0.25) is 0 Å². The number of rotatable bonds is 0. The second-order valence-electron chi connectivity index (χ2n) is 3.50. The molecule has 0 atom stereocenters. The van der Waals surface area contributed by atoms with E-state index in [0.717, 1.165) is 16.6 Å². The summed E-state index contributed by atoms with van der Waals surface area (Å²) in [5.41, 5.74) is 9.75. The molecule has 2 N–H and O–H groups in total. The van der Waals surface area contributed by atoms with Crippen LogP contribution in [-0.4, -0.2) is 26.9 Å². The third kappa shape index (κ3) is 1.56. The highest BCUT2D eigenvalue weighted by atomic mass is 35.5. The summed E-state index contributed by atoms with van der Waals surface area (Å²) in [5, 5.41) is 0. The Labute approximate surface area is 94.3 Å². The number of hydrogen-bond donors (Lipinski definition) is 1. The molecule has 0 unspecified atom stereocenters. The highest BCUT2D eigenvalue weighted by molar-refractivity contribution is 6.57. The summed E-state index contributed by atoms with van der Waals surface area (Å²) in [6.07, 6.45) is 3.58. The van der Waals surface area contributed by atoms with Gasteiger partial charge in [0.2, 0.25) is 0 Å². The van der Waals surface area contributed by atoms with Gasteiger partial charge in [0, 0.05) is 0 Å². The van der Waals surface area contributed by atoms with E-state index in [2.05, 4.69) is 0 Å². The van der Waals surface area contributed by atoms with Crippen molar-refractivity contribution in [3.05, 3.63) is 34.7 Å². The minimum absolute atomic E-state index is 0. The smallest absolute Gasteiger partial charge is 0.495 e. The first-order chi connectivity index (χ1) is 6.86. The minimum Gasteiger partial charge on any atom is -0.495 e. The zero-order valence-corrected chi connectivity index (χ0v) is 8.88. The van der Waals surface area contributed by atoms with Crippen LogP contribution in [0.2, 0.25) is 0 Å². The van der Waals surface area contributed by atoms with Gasteiger partial charge in [0.05, 0.1) is 18.9 Å². The largest absolute Gasteiger partial charge is 0.495 e. The quantitative estimate of drug-likeness (QED) is 0.614. The van der Waals surface area contributed by atoms with Gasteiger partial charge in [-0.2, -0.15) is 0 Å². The molecule has 0 fully saturated rings. The normalized spacial score (nSPS) is 23.3. The van der Waals surface area contributed by atoms with E-state index in [-0.39, 0.29) is 19.5 Å². The Morgan fingerprint density at radius 1 is 1.27 bits per heavy atom. The molecule has 0 spiro atoms. The van der Waals surface area contributed by atoms with Crippen molar-refractivity contribution < 1.29 is 14.0 Å². The molecule has 3 aliphatic heterocycles. The molecule has 4 nitrogen and oxygen atoms in total. The highest BCUT2D eigenvalue weighted by Crippen LogP contribution is 2.33. The van der Waals surface area contributed by atoms with Gasteiger partial charge in [-0.15, -0.1) is 12.4 Å². The molecule has 80 valence electrons. The van der Waals surface area contributed by atoms with E-state index in [1.54, 1.807) is 6.26 Å². The molecule has 6 heteroatoms. The Balaban J connectivity index is 0.000000853. The van der Waals surface area contributed by atoms with Gasteiger partial charge in [0.15, 0.2) is 0 Å². The first kappa shape index (κ1) is 10.6. The molecule has 15 heavy (non-hydrogen) atoms. The molecule has 0 radical (unpaired) electrons. The SMILES string of the molecule is Cl.NC1=COCC2=C3B(OCC=C13)OC2. The highest BCUT2D eigenvalue weighted by Gasteiger charge is 2.39. The maximum Gasteiger partial charge on any atom is 0.495 e. The van der Waals surface area contributed by atoms with Crippen molar-refractivity contribution in [2.24, 2.45) is 5.73 Å². The molecule has 0 aromatic rings. The van der Waals surface area contributed by atoms with Crippen LogP contribution in [-0.2, 0) is 14.0 Å². The summed E-state index contributed by atoms with van der Waals surface area (Å²) in [4.78, 5) is 0. The number of allylic oxidation sites excluding steroid dienone is 1. The van der Waals surface area contributed by atoms with E-state index in [0.29, 0.717) is 25.5 Å². The standard InChI is InChI=1S/C9H10BNO3.ClH/c11-8-5-12-3-6-4-14-10-9(6)7(8)1-2-13-10;/h1,5H,2-4,11H2;1H. The molecule has 3 heterocycles. The first-order valence-electron chi connectivity index (χ1n) is 4.59. The molecule has 0 aromatic heterocycles. The number of nitrogens with two attached hydrogens (primary N) is 1. The molecule has 0 saturated carbocycles. The second-order valence-corrected chi connectivity index (χ2v) is 3.50. The summed E-state index contributed by atoms with van der Waals surface area (Å²) < 4.78 is 16.2. The van der Waals surface area contributed by atoms with Crippen molar-refractivity contribution in [1.29, 1.82) is 0 Å². The second kappa shape index (κ2) is 3.92. The lowest BCUT2D eigenvalue weighted by Crippen LogP contribution is -2.28. The number of ether oxygens (including phenoxy) is 1. The van der Waals surface area contributed by atoms with Crippen LogP contribution >= 0.6 is 12.4 Å². The predicted molar refractivity (Wildman–Crippen MR) is 58.2 cm³/mol. The van der Waals surface area contributed by atoms with Gasteiger partial charge in [-0.1, -0.05) is 6.08 Å². The maximum atomic E-state index is 5.86. The van der Waals surface area contributed by atoms with Crippen molar-refractivity contribution in [3.8, 4) is 0 Å². The molecule has 0 aromatic carbocycles. The summed E-state index contributed by atoms with van der Waals surface area (Å²) in [6.45, 7) is 1.68. The Kier molecular flexibility index (Phi) is 2.77. The monoisotopic (exact) mass is 227 g/mol. The van der Waals surface area contributed by atoms with Crippen LogP contribution in [0.3, 0.4) is 0 Å². The van der Waals surface area contributed by atoms with Crippen molar-refractivity contribution in [2.75, 3.05) is 19.8 Å². The van der Waals surface area contributed by atoms with Gasteiger partial charge < -0.3 is 19.8 Å². The minimum atomic E-state index is -0.237. The van der Waals surface area contributed by atoms with Crippen molar-refractivity contribution in [2.45, 2.75) is 0 Å². The lowest BCUT2D eigenvalue weighted by atomic mass is 9.71. The number of halogens is 1. The molecule has 0 bridgehead atoms. The molecule has 0 aliphatic carbocycles. The number of hydrogen-bond acceptors (Lipinski definition) is 4. The van der Waals surface area contributed by atoms with Crippen LogP contribution < -0.4 is 5.73 Å². The van der Waals surface area contributed by atoms with Crippen LogP contribution in [0, 0.1) is 0 Å². The topological polar surface area (TPSA) is 53.7 Å². The van der Waals surface area contributed by atoms with Gasteiger partial charge in [0.1, 0.15) is 12.9 Å². The average molecular weight is 227 g/mol. The van der Waals surface area contributed by atoms with Crippen LogP contribution in [0.15, 0.2) is 34.7 Å². The molecule has 0 amide bonds. The van der Waals surface area contributed by atoms with E-state index in [1.165, 1.54) is 0 Å². The van der Waals surface area contributed by atoms with Crippen molar-refractivity contribution in [3.63, 3.8) is 0 Å². The Morgan fingerprint density at radius 3 is 3.00 bits per heavy atom. The summed E-state index contributed by atoms with van der Waals surface area (Å²) in [5.74, 6) is 0. The zero-order valence-electron chi connectivity index (χ0n) is 8.06. The summed E-state index contributed by atoms with van der Waals surface area (Å²) in [6, 6.07) is 0. The average Bonchev–Trinajstić information content (AvgIpc) is 2.53. The van der Waals surface area contributed by atoms with E-state index in [1.807, 2.05) is 6.08 Å². The maximum absolute atomic E-state index is 5.86.